The molecule has 3 N–H and O–H groups in total. The zero-order valence-corrected chi connectivity index (χ0v) is 53.7. The van der Waals surface area contributed by atoms with E-state index in [1.165, 1.54) is 128 Å². The summed E-state index contributed by atoms with van der Waals surface area (Å²) in [6, 6.07) is 0. The van der Waals surface area contributed by atoms with E-state index in [1.54, 1.807) is 0 Å². The van der Waals surface area contributed by atoms with Gasteiger partial charge < -0.3 is 33.8 Å². The van der Waals surface area contributed by atoms with Crippen LogP contribution in [-0.4, -0.2) is 96.7 Å². The minimum absolute atomic E-state index is 0.0989. The molecule has 0 aromatic heterocycles. The molecule has 0 bridgehead atoms. The van der Waals surface area contributed by atoms with Crippen LogP contribution in [-0.2, 0) is 65.4 Å². The van der Waals surface area contributed by atoms with Gasteiger partial charge in [0.2, 0.25) is 0 Å². The third-order valence-corrected chi connectivity index (χ3v) is 16.2. The molecule has 0 rings (SSSR count). The molecule has 0 spiro atoms. The third-order valence-electron chi connectivity index (χ3n) is 14.3. The Kier molecular flexibility index (Phi) is 54.6. The summed E-state index contributed by atoms with van der Waals surface area (Å²) in [7, 11) is -9.86. The number of aliphatic hydroxyl groups excluding tert-OH is 1. The highest BCUT2D eigenvalue weighted by Crippen LogP contribution is 2.45. The van der Waals surface area contributed by atoms with Gasteiger partial charge >= 0.3 is 39.5 Å². The Morgan fingerprint density at radius 3 is 0.840 bits per heavy atom. The summed E-state index contributed by atoms with van der Waals surface area (Å²) in [5, 5.41) is 10.5. The van der Waals surface area contributed by atoms with Crippen molar-refractivity contribution in [1.82, 2.24) is 0 Å². The number of phosphoric ester groups is 2. The second kappa shape index (κ2) is 55.9. The Hall–Kier alpha value is -1.94. The highest BCUT2D eigenvalue weighted by atomic mass is 31.2. The number of unbranched alkanes of at least 4 members (excludes halogenated alkanes) is 34. The lowest BCUT2D eigenvalue weighted by Gasteiger charge is -2.21. The van der Waals surface area contributed by atoms with Gasteiger partial charge in [0.1, 0.15) is 19.3 Å². The molecular weight excluding hydrogens is 1080 g/mol. The van der Waals surface area contributed by atoms with E-state index in [2.05, 4.69) is 34.6 Å². The molecule has 0 radical (unpaired) electrons. The molecule has 5 atom stereocenters. The molecule has 2 unspecified atom stereocenters. The van der Waals surface area contributed by atoms with E-state index in [9.17, 15) is 43.2 Å². The third kappa shape index (κ3) is 56.9. The van der Waals surface area contributed by atoms with Crippen LogP contribution < -0.4 is 0 Å². The first-order valence-electron chi connectivity index (χ1n) is 32.6. The van der Waals surface area contributed by atoms with Crippen molar-refractivity contribution in [2.24, 2.45) is 5.92 Å². The zero-order chi connectivity index (χ0) is 59.9. The smallest absolute Gasteiger partial charge is 0.462 e. The monoisotopic (exact) mass is 1200 g/mol. The lowest BCUT2D eigenvalue weighted by molar-refractivity contribution is -0.161. The largest absolute Gasteiger partial charge is 0.472 e. The molecule has 17 nitrogen and oxygen atoms in total. The summed E-state index contributed by atoms with van der Waals surface area (Å²) in [6.07, 6.45) is 39.8. The summed E-state index contributed by atoms with van der Waals surface area (Å²) in [5.74, 6) is -1.40. The minimum atomic E-state index is -4.94. The topological polar surface area (TPSA) is 237 Å². The van der Waals surface area contributed by atoms with Crippen LogP contribution in [0, 0.1) is 5.92 Å². The molecule has 0 amide bonds. The van der Waals surface area contributed by atoms with Gasteiger partial charge in [0.05, 0.1) is 26.4 Å². The molecule has 81 heavy (non-hydrogen) atoms. The van der Waals surface area contributed by atoms with Gasteiger partial charge in [-0.25, -0.2) is 9.13 Å². The Bertz CT molecular complexity index is 1580. The van der Waals surface area contributed by atoms with Gasteiger partial charge in [-0.05, 0) is 31.6 Å². The van der Waals surface area contributed by atoms with Crippen LogP contribution >= 0.6 is 15.6 Å². The molecule has 0 saturated heterocycles. The van der Waals surface area contributed by atoms with E-state index in [4.69, 9.17) is 37.0 Å². The maximum absolute atomic E-state index is 13.0. The Morgan fingerprint density at radius 1 is 0.333 bits per heavy atom. The van der Waals surface area contributed by atoms with Crippen LogP contribution in [0.25, 0.3) is 0 Å². The molecule has 480 valence electrons. The predicted molar refractivity (Wildman–Crippen MR) is 322 cm³/mol. The molecule has 0 heterocycles. The Balaban J connectivity index is 5.09. The van der Waals surface area contributed by atoms with Crippen molar-refractivity contribution in [3.8, 4) is 0 Å². The van der Waals surface area contributed by atoms with Gasteiger partial charge in [0, 0.05) is 25.7 Å². The first kappa shape index (κ1) is 79.1. The van der Waals surface area contributed by atoms with E-state index in [-0.39, 0.29) is 25.7 Å². The van der Waals surface area contributed by atoms with Gasteiger partial charge in [0.25, 0.3) is 0 Å². The van der Waals surface area contributed by atoms with Crippen LogP contribution in [0.5, 0.6) is 0 Å². The van der Waals surface area contributed by atoms with Crippen molar-refractivity contribution in [2.45, 2.75) is 329 Å². The van der Waals surface area contributed by atoms with Gasteiger partial charge in [0.15, 0.2) is 12.2 Å². The highest BCUT2D eigenvalue weighted by Gasteiger charge is 2.30. The molecule has 0 saturated carbocycles. The van der Waals surface area contributed by atoms with E-state index in [0.29, 0.717) is 25.7 Å². The summed E-state index contributed by atoms with van der Waals surface area (Å²) >= 11 is 0. The van der Waals surface area contributed by atoms with Crippen LogP contribution in [0.2, 0.25) is 0 Å². The van der Waals surface area contributed by atoms with Crippen LogP contribution in [0.15, 0.2) is 0 Å². The summed E-state index contributed by atoms with van der Waals surface area (Å²) in [6.45, 7) is 6.99. The fourth-order valence-corrected chi connectivity index (χ4v) is 10.8. The minimum Gasteiger partial charge on any atom is -0.462 e. The second-order valence-electron chi connectivity index (χ2n) is 22.9. The maximum atomic E-state index is 13.0. The number of aliphatic hydroxyl groups is 1. The van der Waals surface area contributed by atoms with E-state index in [0.717, 1.165) is 102 Å². The quantitative estimate of drug-likeness (QED) is 0.0222. The first-order chi connectivity index (χ1) is 39.0. The molecule has 0 aliphatic carbocycles. The number of carbonyl (C=O) groups excluding carboxylic acids is 4. The predicted octanol–water partition coefficient (Wildman–Crippen LogP) is 17.0. The summed E-state index contributed by atoms with van der Waals surface area (Å²) in [5.41, 5.74) is 0. The summed E-state index contributed by atoms with van der Waals surface area (Å²) in [4.78, 5) is 71.6. The maximum Gasteiger partial charge on any atom is 0.472 e. The second-order valence-corrected chi connectivity index (χ2v) is 25.8. The lowest BCUT2D eigenvalue weighted by Crippen LogP contribution is -2.30. The van der Waals surface area contributed by atoms with Crippen LogP contribution in [0.4, 0.5) is 0 Å². The van der Waals surface area contributed by atoms with Crippen molar-refractivity contribution in [2.75, 3.05) is 39.6 Å². The first-order valence-corrected chi connectivity index (χ1v) is 35.6. The van der Waals surface area contributed by atoms with Crippen LogP contribution in [0.3, 0.4) is 0 Å². The SMILES string of the molecule is CCCCCCCCCCCCCCCCCCCCC(=O)O[C@H](COC(=O)CCCCCCCCCCCCC(C)C)COP(=O)(O)OC[C@@H](O)COP(=O)(O)OC[C@@H](COC(=O)CCCCCCC)OC(=O)CCCCCCC. The van der Waals surface area contributed by atoms with Crippen molar-refractivity contribution in [1.29, 1.82) is 0 Å². The average Bonchev–Trinajstić information content (AvgIpc) is 3.43. The highest BCUT2D eigenvalue weighted by molar-refractivity contribution is 7.47. The van der Waals surface area contributed by atoms with Gasteiger partial charge in [-0.3, -0.25) is 37.3 Å². The van der Waals surface area contributed by atoms with Gasteiger partial charge in [-0.15, -0.1) is 0 Å². The van der Waals surface area contributed by atoms with Crippen molar-refractivity contribution in [3.63, 3.8) is 0 Å². The number of rotatable bonds is 62. The number of carbonyl (C=O) groups is 4. The van der Waals surface area contributed by atoms with Crippen molar-refractivity contribution >= 4 is 39.5 Å². The van der Waals surface area contributed by atoms with Gasteiger partial charge in [-0.1, -0.05) is 259 Å². The van der Waals surface area contributed by atoms with Crippen molar-refractivity contribution < 1.29 is 80.2 Å². The van der Waals surface area contributed by atoms with E-state index < -0.39 is 97.5 Å². The number of hydrogen-bond acceptors (Lipinski definition) is 15. The number of ether oxygens (including phenoxy) is 4. The van der Waals surface area contributed by atoms with Gasteiger partial charge in [-0.2, -0.15) is 0 Å². The number of phosphoric acid groups is 2. The number of hydrogen-bond donors (Lipinski definition) is 3. The zero-order valence-electron chi connectivity index (χ0n) is 51.9. The number of esters is 4. The fourth-order valence-electron chi connectivity index (χ4n) is 9.23. The Labute approximate surface area is 492 Å². The molecule has 0 aromatic rings. The summed E-state index contributed by atoms with van der Waals surface area (Å²) < 4.78 is 67.5. The molecule has 0 aliphatic heterocycles. The van der Waals surface area contributed by atoms with Crippen molar-refractivity contribution in [3.05, 3.63) is 0 Å². The molecule has 19 heteroatoms. The molecule has 0 fully saturated rings. The lowest BCUT2D eigenvalue weighted by atomic mass is 10.0. The fraction of sp³-hybridized carbons (Fsp3) is 0.935. The molecule has 0 aromatic carbocycles. The van der Waals surface area contributed by atoms with E-state index in [1.807, 2.05) is 0 Å². The standard InChI is InChI=1S/C62H120O17P2/c1-6-9-12-15-16-17-18-19-20-21-22-23-24-25-30-33-38-43-48-62(67)79-58(52-73-60(65)46-41-37-32-29-27-26-28-31-36-39-44-55(4)5)54-77-81(70,71)75-50-56(63)49-74-80(68,69)76-53-57(78-61(66)47-42-35-14-11-8-3)51-72-59(64)45-40-34-13-10-7-2/h55-58,63H,6-54H2,1-5H3,(H,68,69)(H,70,71)/t56-,57+,58+/m0/s1. The average molecular weight is 1200 g/mol. The molecular formula is C62H120O17P2. The molecule has 0 aliphatic rings. The normalized spacial score (nSPS) is 14.3. The van der Waals surface area contributed by atoms with E-state index >= 15 is 0 Å². The Morgan fingerprint density at radius 2 is 0.568 bits per heavy atom. The van der Waals surface area contributed by atoms with Crippen LogP contribution in [0.1, 0.15) is 311 Å².